The highest BCUT2D eigenvalue weighted by Crippen LogP contribution is 2.22. The van der Waals surface area contributed by atoms with Gasteiger partial charge in [0.1, 0.15) is 0 Å². The van der Waals surface area contributed by atoms with E-state index >= 15 is 0 Å². The zero-order chi connectivity index (χ0) is 21.8. The molecule has 4 aromatic rings. The summed E-state index contributed by atoms with van der Waals surface area (Å²) in [4.78, 5) is 31.1. The van der Waals surface area contributed by atoms with Gasteiger partial charge in [-0.15, -0.1) is 11.3 Å². The van der Waals surface area contributed by atoms with Gasteiger partial charge in [0.2, 0.25) is 0 Å². The van der Waals surface area contributed by atoms with Crippen LogP contribution in [0.5, 0.6) is 0 Å². The number of nitrogens with one attached hydrogen (secondary N) is 1. The minimum absolute atomic E-state index is 0.0715. The van der Waals surface area contributed by atoms with Gasteiger partial charge in [0.15, 0.2) is 5.16 Å². The summed E-state index contributed by atoms with van der Waals surface area (Å²) >= 11 is 6.16. The molecule has 0 aliphatic heterocycles. The quantitative estimate of drug-likeness (QED) is 0.175. The van der Waals surface area contributed by atoms with Gasteiger partial charge < -0.3 is 0 Å². The Balaban J connectivity index is 1.59. The number of carbonyl (C=O) groups is 1. The lowest BCUT2D eigenvalue weighted by atomic mass is 10.2. The maximum absolute atomic E-state index is 13.2. The molecule has 9 heteroatoms. The normalized spacial score (nSPS) is 11.3. The van der Waals surface area contributed by atoms with E-state index in [-0.39, 0.29) is 17.2 Å². The lowest BCUT2D eigenvalue weighted by molar-refractivity contribution is -0.118. The molecule has 4 rings (SSSR count). The average Bonchev–Trinajstić information content (AvgIpc) is 3.18. The van der Waals surface area contributed by atoms with Crippen LogP contribution in [0.2, 0.25) is 0 Å². The van der Waals surface area contributed by atoms with E-state index in [1.165, 1.54) is 16.3 Å². The predicted octanol–water partition coefficient (Wildman–Crippen LogP) is 4.76. The summed E-state index contributed by atoms with van der Waals surface area (Å²) in [5, 5.41) is 6.96. The Labute approximate surface area is 195 Å². The van der Waals surface area contributed by atoms with Crippen LogP contribution in [0.25, 0.3) is 16.6 Å². The molecule has 0 bridgehead atoms. The van der Waals surface area contributed by atoms with Crippen molar-refractivity contribution >= 4 is 62.1 Å². The largest absolute Gasteiger partial charge is 0.272 e. The van der Waals surface area contributed by atoms with E-state index in [4.69, 9.17) is 0 Å². The molecule has 0 atom stereocenters. The summed E-state index contributed by atoms with van der Waals surface area (Å²) in [5.41, 5.74) is 4.73. The highest BCUT2D eigenvalue weighted by molar-refractivity contribution is 9.10. The van der Waals surface area contributed by atoms with E-state index in [2.05, 4.69) is 31.4 Å². The molecule has 2 aromatic carbocycles. The van der Waals surface area contributed by atoms with Crippen LogP contribution in [0.3, 0.4) is 0 Å². The fourth-order valence-corrected chi connectivity index (χ4v) is 4.72. The number of thiophene rings is 1. The Morgan fingerprint density at radius 3 is 2.74 bits per heavy atom. The number of aromatic nitrogens is 2. The minimum Gasteiger partial charge on any atom is -0.272 e. The van der Waals surface area contributed by atoms with Gasteiger partial charge in [0.05, 0.1) is 28.6 Å². The molecule has 2 heterocycles. The van der Waals surface area contributed by atoms with Gasteiger partial charge in [-0.1, -0.05) is 39.8 Å². The van der Waals surface area contributed by atoms with Crippen LogP contribution in [-0.2, 0) is 4.79 Å². The number of hydrazone groups is 1. The predicted molar refractivity (Wildman–Crippen MR) is 131 cm³/mol. The van der Waals surface area contributed by atoms with E-state index in [0.717, 1.165) is 14.9 Å². The molecule has 0 unspecified atom stereocenters. The Kier molecular flexibility index (Phi) is 6.64. The SMILES string of the molecule is Cc1ccsc1/C=N/NC(=O)CSc1nc2ccccc2c(=O)n1-c1ccc(Br)cc1. The average molecular weight is 513 g/mol. The van der Waals surface area contributed by atoms with E-state index in [9.17, 15) is 9.59 Å². The number of aryl methyl sites for hydroxylation is 1. The van der Waals surface area contributed by atoms with Gasteiger partial charge in [-0.05, 0) is 60.3 Å². The lowest BCUT2D eigenvalue weighted by Crippen LogP contribution is -2.24. The second-order valence-electron chi connectivity index (χ2n) is 6.58. The van der Waals surface area contributed by atoms with Crippen LogP contribution in [0.15, 0.2) is 79.5 Å². The van der Waals surface area contributed by atoms with E-state index in [1.54, 1.807) is 29.7 Å². The fourth-order valence-electron chi connectivity index (χ4n) is 2.87. The zero-order valence-electron chi connectivity index (χ0n) is 16.4. The number of rotatable bonds is 6. The van der Waals surface area contributed by atoms with Crippen molar-refractivity contribution in [1.29, 1.82) is 0 Å². The van der Waals surface area contributed by atoms with Gasteiger partial charge in [-0.25, -0.2) is 10.4 Å². The highest BCUT2D eigenvalue weighted by atomic mass is 79.9. The van der Waals surface area contributed by atoms with Crippen molar-refractivity contribution in [2.24, 2.45) is 5.10 Å². The van der Waals surface area contributed by atoms with Crippen molar-refractivity contribution in [3.63, 3.8) is 0 Å². The number of amides is 1. The summed E-state index contributed by atoms with van der Waals surface area (Å²) in [7, 11) is 0. The van der Waals surface area contributed by atoms with Crippen molar-refractivity contribution in [2.45, 2.75) is 12.1 Å². The lowest BCUT2D eigenvalue weighted by Gasteiger charge is -2.13. The molecule has 0 aliphatic carbocycles. The maximum Gasteiger partial charge on any atom is 0.266 e. The minimum atomic E-state index is -0.278. The zero-order valence-corrected chi connectivity index (χ0v) is 19.6. The Morgan fingerprint density at radius 1 is 1.23 bits per heavy atom. The molecular weight excluding hydrogens is 496 g/mol. The van der Waals surface area contributed by atoms with Gasteiger partial charge in [-0.2, -0.15) is 5.10 Å². The van der Waals surface area contributed by atoms with Crippen molar-refractivity contribution < 1.29 is 4.79 Å². The van der Waals surface area contributed by atoms with Crippen molar-refractivity contribution in [2.75, 3.05) is 5.75 Å². The molecule has 6 nitrogen and oxygen atoms in total. The number of halogens is 1. The van der Waals surface area contributed by atoms with Crippen LogP contribution >= 0.6 is 39.0 Å². The standard InChI is InChI=1S/C22H17BrN4O2S2/c1-14-10-11-30-19(14)12-24-26-20(28)13-31-22-25-18-5-3-2-4-17(18)21(29)27(22)16-8-6-15(23)7-9-16/h2-12H,13H2,1H3,(H,26,28)/b24-12+. The smallest absolute Gasteiger partial charge is 0.266 e. The summed E-state index contributed by atoms with van der Waals surface area (Å²) in [6.45, 7) is 1.99. The summed E-state index contributed by atoms with van der Waals surface area (Å²) < 4.78 is 2.44. The number of hydrogen-bond donors (Lipinski definition) is 1. The fraction of sp³-hybridized carbons (Fsp3) is 0.0909. The van der Waals surface area contributed by atoms with E-state index in [0.29, 0.717) is 21.7 Å². The molecule has 0 radical (unpaired) electrons. The monoisotopic (exact) mass is 512 g/mol. The molecule has 0 fully saturated rings. The number of carbonyl (C=O) groups excluding carboxylic acids is 1. The molecule has 0 saturated heterocycles. The first-order valence-electron chi connectivity index (χ1n) is 9.29. The van der Waals surface area contributed by atoms with Gasteiger partial charge >= 0.3 is 0 Å². The third kappa shape index (κ3) is 4.95. The number of fused-ring (bicyclic) bond motifs is 1. The van der Waals surface area contributed by atoms with Crippen LogP contribution in [-0.4, -0.2) is 27.4 Å². The summed E-state index contributed by atoms with van der Waals surface area (Å²) in [6.07, 6.45) is 1.63. The maximum atomic E-state index is 13.2. The van der Waals surface area contributed by atoms with Gasteiger partial charge in [0.25, 0.3) is 11.5 Å². The third-order valence-corrected chi connectivity index (χ3v) is 6.86. The first-order chi connectivity index (χ1) is 15.0. The number of hydrogen-bond acceptors (Lipinski definition) is 6. The number of thioether (sulfide) groups is 1. The van der Waals surface area contributed by atoms with Crippen molar-refractivity contribution in [3.05, 3.63) is 85.2 Å². The van der Waals surface area contributed by atoms with Crippen LogP contribution in [0, 0.1) is 6.92 Å². The van der Waals surface area contributed by atoms with Crippen LogP contribution in [0.4, 0.5) is 0 Å². The molecule has 1 N–H and O–H groups in total. The molecule has 0 aliphatic rings. The summed E-state index contributed by atoms with van der Waals surface area (Å²) in [6, 6.07) is 16.6. The number of benzene rings is 2. The Hall–Kier alpha value is -2.75. The van der Waals surface area contributed by atoms with Gasteiger partial charge in [0, 0.05) is 9.35 Å². The van der Waals surface area contributed by atoms with Crippen LogP contribution < -0.4 is 11.0 Å². The topological polar surface area (TPSA) is 76.3 Å². The second kappa shape index (κ2) is 9.59. The molecule has 156 valence electrons. The molecule has 31 heavy (non-hydrogen) atoms. The number of para-hydroxylation sites is 1. The van der Waals surface area contributed by atoms with Crippen molar-refractivity contribution in [1.82, 2.24) is 15.0 Å². The number of nitrogens with zero attached hydrogens (tertiary/aromatic N) is 3. The Bertz CT molecular complexity index is 1330. The molecule has 0 spiro atoms. The van der Waals surface area contributed by atoms with Gasteiger partial charge in [-0.3, -0.25) is 14.2 Å². The highest BCUT2D eigenvalue weighted by Gasteiger charge is 2.14. The molecule has 0 saturated carbocycles. The molecular formula is C22H17BrN4O2S2. The van der Waals surface area contributed by atoms with E-state index in [1.807, 2.05) is 54.8 Å². The second-order valence-corrected chi connectivity index (χ2v) is 9.38. The first-order valence-corrected chi connectivity index (χ1v) is 12.0. The Morgan fingerprint density at radius 2 is 2.00 bits per heavy atom. The molecule has 1 amide bonds. The summed E-state index contributed by atoms with van der Waals surface area (Å²) in [5.74, 6) is -0.206. The van der Waals surface area contributed by atoms with Crippen LogP contribution in [0.1, 0.15) is 10.4 Å². The molecule has 2 aromatic heterocycles. The third-order valence-electron chi connectivity index (χ3n) is 4.43. The van der Waals surface area contributed by atoms with E-state index < -0.39 is 0 Å². The van der Waals surface area contributed by atoms with Crippen molar-refractivity contribution in [3.8, 4) is 5.69 Å². The first kappa shape index (κ1) is 21.5.